The van der Waals surface area contributed by atoms with Crippen molar-refractivity contribution in [3.8, 4) is 5.75 Å². The molecule has 0 amide bonds. The van der Waals surface area contributed by atoms with E-state index in [2.05, 4.69) is 30.3 Å². The van der Waals surface area contributed by atoms with E-state index in [0.717, 1.165) is 42.6 Å². The molecule has 0 fully saturated rings. The van der Waals surface area contributed by atoms with Crippen LogP contribution >= 0.6 is 0 Å². The zero-order valence-electron chi connectivity index (χ0n) is 15.4. The molecule has 0 N–H and O–H groups in total. The summed E-state index contributed by atoms with van der Waals surface area (Å²) in [5, 5.41) is 0. The Morgan fingerprint density at radius 1 is 1.04 bits per heavy atom. The van der Waals surface area contributed by atoms with E-state index in [4.69, 9.17) is 4.74 Å². The number of aryl methyl sites for hydroxylation is 3. The molecular weight excluding hydrogens is 324 g/mol. The molecule has 0 radical (unpaired) electrons. The highest BCUT2D eigenvalue weighted by Crippen LogP contribution is 2.31. The Morgan fingerprint density at radius 3 is 2.62 bits per heavy atom. The second-order valence-electron chi connectivity index (χ2n) is 7.03. The van der Waals surface area contributed by atoms with Crippen LogP contribution in [0.3, 0.4) is 0 Å². The molecular formula is C23H26O3. The van der Waals surface area contributed by atoms with Gasteiger partial charge in [0.1, 0.15) is 11.5 Å². The lowest BCUT2D eigenvalue weighted by molar-refractivity contribution is -0.117. The molecule has 1 aliphatic rings. The molecule has 0 aromatic heterocycles. The lowest BCUT2D eigenvalue weighted by Gasteiger charge is -2.14. The van der Waals surface area contributed by atoms with Crippen LogP contribution < -0.4 is 4.74 Å². The number of ketones is 2. The first-order chi connectivity index (χ1) is 12.6. The number of Topliss-reactive ketones (excluding diaryl/α,β-unsaturated/α-hetero) is 2. The number of benzene rings is 2. The van der Waals surface area contributed by atoms with E-state index in [-0.39, 0.29) is 11.6 Å². The Hall–Kier alpha value is -2.42. The van der Waals surface area contributed by atoms with Crippen LogP contribution in [0.4, 0.5) is 0 Å². The van der Waals surface area contributed by atoms with Gasteiger partial charge in [-0.25, -0.2) is 0 Å². The molecule has 0 aliphatic heterocycles. The van der Waals surface area contributed by atoms with Crippen molar-refractivity contribution in [3.05, 3.63) is 64.7 Å². The molecule has 26 heavy (non-hydrogen) atoms. The van der Waals surface area contributed by atoms with E-state index in [9.17, 15) is 9.59 Å². The molecule has 0 saturated carbocycles. The van der Waals surface area contributed by atoms with Crippen LogP contribution in [0.2, 0.25) is 0 Å². The van der Waals surface area contributed by atoms with Crippen LogP contribution in [0, 0.1) is 0 Å². The number of carbonyl (C=O) groups is 2. The van der Waals surface area contributed by atoms with E-state index in [1.165, 1.54) is 11.1 Å². The smallest absolute Gasteiger partial charge is 0.163 e. The summed E-state index contributed by atoms with van der Waals surface area (Å²) in [5.41, 5.74) is 4.49. The first-order valence-corrected chi connectivity index (χ1v) is 9.48. The molecule has 3 nitrogen and oxygen atoms in total. The molecule has 2 aromatic carbocycles. The van der Waals surface area contributed by atoms with Gasteiger partial charge in [0.2, 0.25) is 0 Å². The summed E-state index contributed by atoms with van der Waals surface area (Å²) in [6.45, 7) is 2.11. The molecule has 136 valence electrons. The molecule has 0 saturated heterocycles. The van der Waals surface area contributed by atoms with Gasteiger partial charge < -0.3 is 9.53 Å². The minimum atomic E-state index is 0.181. The number of carbonyl (C=O) groups excluding carboxylic acids is 2. The van der Waals surface area contributed by atoms with Gasteiger partial charge in [-0.3, -0.25) is 4.79 Å². The van der Waals surface area contributed by atoms with Gasteiger partial charge in [0, 0.05) is 18.4 Å². The second kappa shape index (κ2) is 8.79. The van der Waals surface area contributed by atoms with Crippen LogP contribution in [0.25, 0.3) is 0 Å². The van der Waals surface area contributed by atoms with Crippen LogP contribution in [0.5, 0.6) is 5.75 Å². The van der Waals surface area contributed by atoms with Crippen LogP contribution in [-0.4, -0.2) is 18.2 Å². The summed E-state index contributed by atoms with van der Waals surface area (Å²) in [7, 11) is 0. The van der Waals surface area contributed by atoms with Crippen LogP contribution in [-0.2, 0) is 24.1 Å². The quantitative estimate of drug-likeness (QED) is 0.614. The fourth-order valence-electron chi connectivity index (χ4n) is 3.49. The van der Waals surface area contributed by atoms with Gasteiger partial charge in [-0.2, -0.15) is 0 Å². The van der Waals surface area contributed by atoms with Crippen molar-refractivity contribution < 1.29 is 14.3 Å². The topological polar surface area (TPSA) is 43.4 Å². The van der Waals surface area contributed by atoms with E-state index < -0.39 is 0 Å². The van der Waals surface area contributed by atoms with Gasteiger partial charge in [-0.15, -0.1) is 0 Å². The van der Waals surface area contributed by atoms with Gasteiger partial charge in [-0.05, 0) is 61.8 Å². The summed E-state index contributed by atoms with van der Waals surface area (Å²) in [6.07, 6.45) is 5.69. The van der Waals surface area contributed by atoms with Crippen molar-refractivity contribution in [3.63, 3.8) is 0 Å². The Labute approximate surface area is 155 Å². The zero-order valence-corrected chi connectivity index (χ0v) is 15.4. The van der Waals surface area contributed by atoms with Gasteiger partial charge in [0.25, 0.3) is 0 Å². The fourth-order valence-corrected chi connectivity index (χ4v) is 3.49. The molecule has 0 atom stereocenters. The lowest BCUT2D eigenvalue weighted by atomic mass is 9.99. The summed E-state index contributed by atoms with van der Waals surface area (Å²) >= 11 is 0. The Bertz CT molecular complexity index is 778. The Morgan fingerprint density at radius 2 is 1.85 bits per heavy atom. The highest BCUT2D eigenvalue weighted by molar-refractivity contribution is 6.00. The normalized spacial score (nSPS) is 12.9. The maximum absolute atomic E-state index is 12.0. The van der Waals surface area contributed by atoms with Crippen molar-refractivity contribution in [1.29, 1.82) is 0 Å². The summed E-state index contributed by atoms with van der Waals surface area (Å²) in [4.78, 5) is 23.1. The third-order valence-corrected chi connectivity index (χ3v) is 4.89. The van der Waals surface area contributed by atoms with Crippen molar-refractivity contribution >= 4 is 11.6 Å². The Balaban J connectivity index is 1.67. The molecule has 0 bridgehead atoms. The van der Waals surface area contributed by atoms with Crippen molar-refractivity contribution in [1.82, 2.24) is 0 Å². The first kappa shape index (κ1) is 18.4. The number of rotatable bonds is 9. The van der Waals surface area contributed by atoms with Crippen molar-refractivity contribution in [2.75, 3.05) is 6.61 Å². The van der Waals surface area contributed by atoms with Crippen LogP contribution in [0.1, 0.15) is 59.7 Å². The third-order valence-electron chi connectivity index (χ3n) is 4.89. The van der Waals surface area contributed by atoms with E-state index in [1.54, 1.807) is 6.92 Å². The summed E-state index contributed by atoms with van der Waals surface area (Å²) < 4.78 is 5.96. The van der Waals surface area contributed by atoms with Gasteiger partial charge >= 0.3 is 0 Å². The SMILES string of the molecule is CC(=O)CCCOc1cc2c(cc1CCCc1ccccc1)CCC2=O. The van der Waals surface area contributed by atoms with Crippen molar-refractivity contribution in [2.45, 2.75) is 51.9 Å². The van der Waals surface area contributed by atoms with Gasteiger partial charge in [0.05, 0.1) is 6.61 Å². The fraction of sp³-hybridized carbons (Fsp3) is 0.391. The minimum absolute atomic E-state index is 0.181. The highest BCUT2D eigenvalue weighted by atomic mass is 16.5. The largest absolute Gasteiger partial charge is 0.493 e. The predicted molar refractivity (Wildman–Crippen MR) is 103 cm³/mol. The van der Waals surface area contributed by atoms with Gasteiger partial charge in [-0.1, -0.05) is 36.4 Å². The molecule has 3 heteroatoms. The Kier molecular flexibility index (Phi) is 6.21. The molecule has 1 aliphatic carbocycles. The molecule has 0 heterocycles. The summed E-state index contributed by atoms with van der Waals surface area (Å²) in [5.74, 6) is 1.21. The highest BCUT2D eigenvalue weighted by Gasteiger charge is 2.22. The number of hydrogen-bond acceptors (Lipinski definition) is 3. The zero-order chi connectivity index (χ0) is 18.4. The van der Waals surface area contributed by atoms with E-state index in [1.807, 2.05) is 12.1 Å². The van der Waals surface area contributed by atoms with E-state index in [0.29, 0.717) is 25.9 Å². The minimum Gasteiger partial charge on any atom is -0.493 e. The second-order valence-corrected chi connectivity index (χ2v) is 7.03. The third kappa shape index (κ3) is 4.81. The predicted octanol–water partition coefficient (Wildman–Crippen LogP) is 4.74. The maximum atomic E-state index is 12.0. The number of fused-ring (bicyclic) bond motifs is 1. The monoisotopic (exact) mass is 350 g/mol. The van der Waals surface area contributed by atoms with Crippen LogP contribution in [0.15, 0.2) is 42.5 Å². The number of ether oxygens (including phenoxy) is 1. The first-order valence-electron chi connectivity index (χ1n) is 9.48. The average molecular weight is 350 g/mol. The summed E-state index contributed by atoms with van der Waals surface area (Å²) in [6, 6.07) is 14.6. The molecule has 0 unspecified atom stereocenters. The number of hydrogen-bond donors (Lipinski definition) is 0. The van der Waals surface area contributed by atoms with E-state index >= 15 is 0 Å². The standard InChI is InChI=1S/C23H26O3/c1-17(24)7-6-14-26-23-16-21-19(12-13-22(21)25)15-20(23)11-5-10-18-8-3-2-4-9-18/h2-4,8-9,15-16H,5-7,10-14H2,1H3. The van der Waals surface area contributed by atoms with Gasteiger partial charge in [0.15, 0.2) is 5.78 Å². The maximum Gasteiger partial charge on any atom is 0.163 e. The molecule has 0 spiro atoms. The molecule has 3 rings (SSSR count). The molecule has 2 aromatic rings. The lowest BCUT2D eigenvalue weighted by Crippen LogP contribution is -2.05. The average Bonchev–Trinajstić information content (AvgIpc) is 2.99. The van der Waals surface area contributed by atoms with Crippen molar-refractivity contribution in [2.24, 2.45) is 0 Å².